The van der Waals surface area contributed by atoms with Gasteiger partial charge < -0.3 is 10.3 Å². The van der Waals surface area contributed by atoms with Crippen molar-refractivity contribution in [3.05, 3.63) is 62.7 Å². The van der Waals surface area contributed by atoms with Crippen LogP contribution in [0.1, 0.15) is 5.56 Å². The number of halogens is 2. The summed E-state index contributed by atoms with van der Waals surface area (Å²) in [5.41, 5.74) is 6.31. The van der Waals surface area contributed by atoms with E-state index in [9.17, 15) is 9.18 Å². The Morgan fingerprint density at radius 3 is 2.76 bits per heavy atom. The molecule has 0 spiro atoms. The van der Waals surface area contributed by atoms with Crippen molar-refractivity contribution in [3.63, 3.8) is 0 Å². The highest BCUT2D eigenvalue weighted by atomic mass is 79.9. The predicted octanol–water partition coefficient (Wildman–Crippen LogP) is 2.38. The van der Waals surface area contributed by atoms with Crippen molar-refractivity contribution >= 4 is 21.6 Å². The van der Waals surface area contributed by atoms with E-state index in [1.165, 1.54) is 22.9 Å². The molecular formula is C12H10BrFN2O. The van der Waals surface area contributed by atoms with Crippen molar-refractivity contribution < 1.29 is 4.39 Å². The number of pyridine rings is 1. The van der Waals surface area contributed by atoms with Gasteiger partial charge in [0.2, 0.25) is 0 Å². The van der Waals surface area contributed by atoms with Crippen LogP contribution in [0.15, 0.2) is 45.8 Å². The number of benzene rings is 1. The quantitative estimate of drug-likeness (QED) is 0.925. The molecule has 0 atom stereocenters. The number of aromatic nitrogens is 1. The lowest BCUT2D eigenvalue weighted by Gasteiger charge is -2.08. The average molecular weight is 297 g/mol. The minimum absolute atomic E-state index is 0.162. The summed E-state index contributed by atoms with van der Waals surface area (Å²) >= 11 is 3.12. The molecule has 0 saturated carbocycles. The second-order valence-electron chi connectivity index (χ2n) is 3.65. The fraction of sp³-hybridized carbons (Fsp3) is 0.0833. The molecule has 3 nitrogen and oxygen atoms in total. The van der Waals surface area contributed by atoms with Crippen molar-refractivity contribution in [1.29, 1.82) is 0 Å². The van der Waals surface area contributed by atoms with Crippen molar-refractivity contribution in [2.45, 2.75) is 6.54 Å². The topological polar surface area (TPSA) is 48.0 Å². The zero-order valence-corrected chi connectivity index (χ0v) is 10.4. The molecule has 1 heterocycles. The summed E-state index contributed by atoms with van der Waals surface area (Å²) in [4.78, 5) is 11.8. The van der Waals surface area contributed by atoms with Gasteiger partial charge in [0, 0.05) is 17.4 Å². The van der Waals surface area contributed by atoms with Crippen LogP contribution in [0, 0.1) is 5.82 Å². The van der Waals surface area contributed by atoms with Crippen molar-refractivity contribution in [1.82, 2.24) is 4.57 Å². The second kappa shape index (κ2) is 4.71. The predicted molar refractivity (Wildman–Crippen MR) is 68.3 cm³/mol. The van der Waals surface area contributed by atoms with Crippen LogP contribution in [-0.2, 0) is 6.54 Å². The van der Waals surface area contributed by atoms with E-state index in [2.05, 4.69) is 15.9 Å². The SMILES string of the molecule is Nc1cc(Br)c(=O)n(Cc2ccccc2F)c1. The molecule has 0 saturated heterocycles. The van der Waals surface area contributed by atoms with Gasteiger partial charge in [-0.25, -0.2) is 4.39 Å². The first-order valence-corrected chi connectivity index (χ1v) is 5.76. The first kappa shape index (κ1) is 11.9. The van der Waals surface area contributed by atoms with Crippen LogP contribution in [0.4, 0.5) is 10.1 Å². The molecule has 1 aromatic carbocycles. The highest BCUT2D eigenvalue weighted by molar-refractivity contribution is 9.10. The molecule has 0 aliphatic rings. The summed E-state index contributed by atoms with van der Waals surface area (Å²) in [5.74, 6) is -0.335. The van der Waals surface area contributed by atoms with Crippen LogP contribution in [0.2, 0.25) is 0 Å². The normalized spacial score (nSPS) is 10.5. The number of nitrogens with zero attached hydrogens (tertiary/aromatic N) is 1. The Morgan fingerprint density at radius 1 is 1.35 bits per heavy atom. The molecule has 2 N–H and O–H groups in total. The van der Waals surface area contributed by atoms with E-state index >= 15 is 0 Å². The molecule has 5 heteroatoms. The smallest absolute Gasteiger partial charge is 0.265 e. The monoisotopic (exact) mass is 296 g/mol. The number of anilines is 1. The highest BCUT2D eigenvalue weighted by Gasteiger charge is 2.06. The van der Waals surface area contributed by atoms with Gasteiger partial charge in [0.25, 0.3) is 5.56 Å². The van der Waals surface area contributed by atoms with Crippen molar-refractivity contribution in [2.24, 2.45) is 0 Å². The highest BCUT2D eigenvalue weighted by Crippen LogP contribution is 2.11. The molecule has 2 aromatic rings. The van der Waals surface area contributed by atoms with Gasteiger partial charge in [-0.05, 0) is 28.1 Å². The van der Waals surface area contributed by atoms with E-state index in [-0.39, 0.29) is 17.9 Å². The molecular weight excluding hydrogens is 287 g/mol. The minimum atomic E-state index is -0.335. The molecule has 0 aliphatic heterocycles. The number of nitrogens with two attached hydrogens (primary N) is 1. The van der Waals surface area contributed by atoms with E-state index in [4.69, 9.17) is 5.73 Å². The molecule has 0 aliphatic carbocycles. The molecule has 0 radical (unpaired) electrons. The van der Waals surface area contributed by atoms with Gasteiger partial charge in [-0.1, -0.05) is 18.2 Å². The molecule has 88 valence electrons. The summed E-state index contributed by atoms with van der Waals surface area (Å²) in [6.45, 7) is 0.162. The zero-order chi connectivity index (χ0) is 12.4. The largest absolute Gasteiger partial charge is 0.398 e. The van der Waals surface area contributed by atoms with Crippen LogP contribution in [0.5, 0.6) is 0 Å². The molecule has 1 aromatic heterocycles. The Hall–Kier alpha value is -1.62. The maximum absolute atomic E-state index is 13.4. The summed E-state index contributed by atoms with van der Waals surface area (Å²) in [6.07, 6.45) is 1.50. The maximum atomic E-state index is 13.4. The third kappa shape index (κ3) is 2.55. The Labute approximate surface area is 106 Å². The van der Waals surface area contributed by atoms with Gasteiger partial charge in [-0.15, -0.1) is 0 Å². The van der Waals surface area contributed by atoms with Crippen molar-refractivity contribution in [3.8, 4) is 0 Å². The molecule has 0 fully saturated rings. The number of nitrogen functional groups attached to an aromatic ring is 1. The van der Waals surface area contributed by atoms with E-state index in [0.29, 0.717) is 15.7 Å². The van der Waals surface area contributed by atoms with Gasteiger partial charge in [0.1, 0.15) is 5.82 Å². The van der Waals surface area contributed by atoms with Gasteiger partial charge >= 0.3 is 0 Å². The summed E-state index contributed by atoms with van der Waals surface area (Å²) in [6, 6.07) is 7.86. The third-order valence-corrected chi connectivity index (χ3v) is 2.93. The number of hydrogen-bond acceptors (Lipinski definition) is 2. The average Bonchev–Trinajstić information content (AvgIpc) is 2.28. The molecule has 0 amide bonds. The van der Waals surface area contributed by atoms with Gasteiger partial charge in [0.15, 0.2) is 0 Å². The molecule has 0 unspecified atom stereocenters. The summed E-state index contributed by atoms with van der Waals surface area (Å²) in [7, 11) is 0. The van der Waals surface area contributed by atoms with Gasteiger partial charge in [0.05, 0.1) is 11.0 Å². The summed E-state index contributed by atoms with van der Waals surface area (Å²) < 4.78 is 15.2. The molecule has 2 rings (SSSR count). The fourth-order valence-corrected chi connectivity index (χ4v) is 2.04. The second-order valence-corrected chi connectivity index (χ2v) is 4.50. The lowest BCUT2D eigenvalue weighted by molar-refractivity contribution is 0.596. The standard InChI is InChI=1S/C12H10BrFN2O/c13-10-5-9(15)7-16(12(10)17)6-8-3-1-2-4-11(8)14/h1-5,7H,6,15H2. The summed E-state index contributed by atoms with van der Waals surface area (Å²) in [5, 5.41) is 0. The zero-order valence-electron chi connectivity index (χ0n) is 8.86. The minimum Gasteiger partial charge on any atom is -0.398 e. The van der Waals surface area contributed by atoms with E-state index in [1.807, 2.05) is 0 Å². The van der Waals surface area contributed by atoms with Gasteiger partial charge in [-0.2, -0.15) is 0 Å². The van der Waals surface area contributed by atoms with Gasteiger partial charge in [-0.3, -0.25) is 4.79 Å². The van der Waals surface area contributed by atoms with Crippen LogP contribution in [-0.4, -0.2) is 4.57 Å². The van der Waals surface area contributed by atoms with E-state index in [0.717, 1.165) is 0 Å². The fourth-order valence-electron chi connectivity index (χ4n) is 1.55. The lowest BCUT2D eigenvalue weighted by atomic mass is 10.2. The molecule has 17 heavy (non-hydrogen) atoms. The maximum Gasteiger partial charge on any atom is 0.265 e. The van der Waals surface area contributed by atoms with E-state index < -0.39 is 0 Å². The Morgan fingerprint density at radius 2 is 2.06 bits per heavy atom. The Kier molecular flexibility index (Phi) is 3.28. The van der Waals surface area contributed by atoms with Crippen LogP contribution in [0.25, 0.3) is 0 Å². The Bertz CT molecular complexity index is 610. The Balaban J connectivity index is 2.44. The lowest BCUT2D eigenvalue weighted by Crippen LogP contribution is -2.21. The first-order valence-electron chi connectivity index (χ1n) is 4.97. The number of hydrogen-bond donors (Lipinski definition) is 1. The molecule has 0 bridgehead atoms. The van der Waals surface area contributed by atoms with E-state index in [1.54, 1.807) is 18.2 Å². The van der Waals surface area contributed by atoms with Crippen LogP contribution >= 0.6 is 15.9 Å². The number of rotatable bonds is 2. The third-order valence-electron chi connectivity index (χ3n) is 2.36. The van der Waals surface area contributed by atoms with Crippen LogP contribution in [0.3, 0.4) is 0 Å². The first-order chi connectivity index (χ1) is 8.08. The van der Waals surface area contributed by atoms with Crippen LogP contribution < -0.4 is 11.3 Å². The van der Waals surface area contributed by atoms with Crippen molar-refractivity contribution in [2.75, 3.05) is 5.73 Å².